The second-order valence-electron chi connectivity index (χ2n) is 4.14. The summed E-state index contributed by atoms with van der Waals surface area (Å²) in [5, 5.41) is 9.31. The lowest BCUT2D eigenvalue weighted by Crippen LogP contribution is -2.28. The van der Waals surface area contributed by atoms with Crippen molar-refractivity contribution in [3.05, 3.63) is 22.8 Å². The van der Waals surface area contributed by atoms with Gasteiger partial charge in [-0.2, -0.15) is 0 Å². The first-order chi connectivity index (χ1) is 8.49. The Morgan fingerprint density at radius 3 is 2.78 bits per heavy atom. The molecule has 1 amide bonds. The van der Waals surface area contributed by atoms with Crippen LogP contribution < -0.4 is 10.6 Å². The number of hydrogen-bond acceptors (Lipinski definition) is 4. The molecule has 2 rings (SSSR count). The zero-order valence-corrected chi connectivity index (χ0v) is 10.2. The first-order valence-electron chi connectivity index (χ1n) is 5.43. The molecule has 1 aromatic rings. The van der Waals surface area contributed by atoms with Crippen LogP contribution in [0.15, 0.2) is 12.1 Å². The maximum absolute atomic E-state index is 11.1. The number of anilines is 1. The van der Waals surface area contributed by atoms with Crippen molar-refractivity contribution in [1.82, 2.24) is 4.98 Å². The van der Waals surface area contributed by atoms with Crippen molar-refractivity contribution in [2.45, 2.75) is 6.42 Å². The van der Waals surface area contributed by atoms with Crippen LogP contribution in [0.5, 0.6) is 0 Å². The van der Waals surface area contributed by atoms with E-state index in [-0.39, 0.29) is 22.5 Å². The first kappa shape index (κ1) is 12.6. The Morgan fingerprint density at radius 2 is 2.22 bits per heavy atom. The molecule has 0 aliphatic carbocycles. The van der Waals surface area contributed by atoms with Crippen LogP contribution in [-0.4, -0.2) is 35.1 Å². The Hall–Kier alpha value is -1.82. The number of halogens is 1. The maximum atomic E-state index is 11.1. The van der Waals surface area contributed by atoms with Gasteiger partial charge in [-0.15, -0.1) is 0 Å². The average molecular weight is 270 g/mol. The summed E-state index contributed by atoms with van der Waals surface area (Å²) in [6.45, 7) is 0.921. The molecule has 1 saturated heterocycles. The molecule has 1 unspecified atom stereocenters. The van der Waals surface area contributed by atoms with E-state index in [1.807, 2.05) is 0 Å². The molecule has 96 valence electrons. The third kappa shape index (κ3) is 2.38. The summed E-state index contributed by atoms with van der Waals surface area (Å²) in [4.78, 5) is 28.0. The normalized spacial score (nSPS) is 18.9. The first-order valence-corrected chi connectivity index (χ1v) is 5.81. The molecule has 0 spiro atoms. The molecule has 0 aromatic carbocycles. The number of rotatable bonds is 3. The summed E-state index contributed by atoms with van der Waals surface area (Å²) in [5.41, 5.74) is 5.31. The number of carboxylic acids is 1. The van der Waals surface area contributed by atoms with Gasteiger partial charge in [-0.1, -0.05) is 11.6 Å². The fraction of sp³-hybridized carbons (Fsp3) is 0.364. The number of hydrogen-bond donors (Lipinski definition) is 2. The highest BCUT2D eigenvalue weighted by molar-refractivity contribution is 6.29. The Bertz CT molecular complexity index is 506. The number of pyridine rings is 1. The van der Waals surface area contributed by atoms with E-state index in [0.29, 0.717) is 25.3 Å². The Morgan fingerprint density at radius 1 is 1.50 bits per heavy atom. The number of nitrogens with zero attached hydrogens (tertiary/aromatic N) is 2. The van der Waals surface area contributed by atoms with Crippen molar-refractivity contribution >= 4 is 29.3 Å². The van der Waals surface area contributed by atoms with Crippen molar-refractivity contribution in [2.75, 3.05) is 18.0 Å². The van der Waals surface area contributed by atoms with Crippen molar-refractivity contribution in [1.29, 1.82) is 0 Å². The average Bonchev–Trinajstić information content (AvgIpc) is 2.77. The monoisotopic (exact) mass is 269 g/mol. The number of carbonyl (C=O) groups is 2. The molecule has 1 fully saturated rings. The van der Waals surface area contributed by atoms with Crippen molar-refractivity contribution in [3.63, 3.8) is 0 Å². The van der Waals surface area contributed by atoms with Gasteiger partial charge in [0.1, 0.15) is 16.5 Å². The standard InChI is InChI=1S/C11H12ClN3O3/c12-8-2-1-7(11(17)18)10(14-8)15-4-3-6(5-15)9(13)16/h1-2,6H,3-5H2,(H2,13,16)(H,17,18). The highest BCUT2D eigenvalue weighted by Gasteiger charge is 2.29. The van der Waals surface area contributed by atoms with E-state index >= 15 is 0 Å². The third-order valence-corrected chi connectivity index (χ3v) is 3.17. The molecule has 1 atom stereocenters. The molecule has 2 heterocycles. The van der Waals surface area contributed by atoms with E-state index < -0.39 is 5.97 Å². The summed E-state index contributed by atoms with van der Waals surface area (Å²) in [6.07, 6.45) is 0.600. The van der Waals surface area contributed by atoms with E-state index in [2.05, 4.69) is 4.98 Å². The van der Waals surface area contributed by atoms with Gasteiger partial charge in [0.25, 0.3) is 0 Å². The summed E-state index contributed by atoms with van der Waals surface area (Å²) in [6, 6.07) is 2.83. The second-order valence-corrected chi connectivity index (χ2v) is 4.53. The fourth-order valence-electron chi connectivity index (χ4n) is 2.02. The van der Waals surface area contributed by atoms with Crippen molar-refractivity contribution in [3.8, 4) is 0 Å². The van der Waals surface area contributed by atoms with Crippen molar-refractivity contribution < 1.29 is 14.7 Å². The van der Waals surface area contributed by atoms with E-state index in [0.717, 1.165) is 0 Å². The summed E-state index contributed by atoms with van der Waals surface area (Å²) >= 11 is 5.78. The molecule has 7 heteroatoms. The third-order valence-electron chi connectivity index (χ3n) is 2.96. The lowest BCUT2D eigenvalue weighted by molar-refractivity contribution is -0.121. The zero-order chi connectivity index (χ0) is 13.3. The van der Waals surface area contributed by atoms with Gasteiger partial charge < -0.3 is 15.7 Å². The smallest absolute Gasteiger partial charge is 0.339 e. The topological polar surface area (TPSA) is 96.5 Å². The van der Waals surface area contributed by atoms with Crippen LogP contribution in [0, 0.1) is 5.92 Å². The molecule has 0 bridgehead atoms. The SMILES string of the molecule is NC(=O)C1CCN(c2nc(Cl)ccc2C(=O)O)C1. The van der Waals surface area contributed by atoms with E-state index in [1.54, 1.807) is 4.90 Å². The van der Waals surface area contributed by atoms with Gasteiger partial charge in [-0.05, 0) is 18.6 Å². The van der Waals surface area contributed by atoms with Crippen LogP contribution in [0.2, 0.25) is 5.15 Å². The highest BCUT2D eigenvalue weighted by Crippen LogP contribution is 2.26. The molecular weight excluding hydrogens is 258 g/mol. The maximum Gasteiger partial charge on any atom is 0.339 e. The summed E-state index contributed by atoms with van der Waals surface area (Å²) in [7, 11) is 0. The van der Waals surface area contributed by atoms with E-state index in [4.69, 9.17) is 22.4 Å². The van der Waals surface area contributed by atoms with Crippen LogP contribution in [-0.2, 0) is 4.79 Å². The zero-order valence-electron chi connectivity index (χ0n) is 9.47. The largest absolute Gasteiger partial charge is 0.478 e. The van der Waals surface area contributed by atoms with E-state index in [9.17, 15) is 9.59 Å². The molecule has 0 radical (unpaired) electrons. The van der Waals surface area contributed by atoms with Gasteiger partial charge in [-0.25, -0.2) is 9.78 Å². The van der Waals surface area contributed by atoms with Gasteiger partial charge in [0, 0.05) is 13.1 Å². The molecular formula is C11H12ClN3O3. The van der Waals surface area contributed by atoms with Gasteiger partial charge in [-0.3, -0.25) is 4.79 Å². The minimum absolute atomic E-state index is 0.0736. The molecule has 1 aromatic heterocycles. The van der Waals surface area contributed by atoms with Crippen LogP contribution in [0.4, 0.5) is 5.82 Å². The van der Waals surface area contributed by atoms with Crippen LogP contribution in [0.1, 0.15) is 16.8 Å². The Balaban J connectivity index is 2.31. The molecule has 3 N–H and O–H groups in total. The molecule has 6 nitrogen and oxygen atoms in total. The fourth-order valence-corrected chi connectivity index (χ4v) is 2.16. The summed E-state index contributed by atoms with van der Waals surface area (Å²) in [5.74, 6) is -1.43. The van der Waals surface area contributed by atoms with Gasteiger partial charge in [0.15, 0.2) is 0 Å². The number of carbonyl (C=O) groups excluding carboxylic acids is 1. The Kier molecular flexibility index (Phi) is 3.38. The van der Waals surface area contributed by atoms with Gasteiger partial charge in [0.05, 0.1) is 5.92 Å². The number of carboxylic acid groups (broad SMARTS) is 1. The second kappa shape index (κ2) is 4.81. The van der Waals surface area contributed by atoms with Gasteiger partial charge in [0.2, 0.25) is 5.91 Å². The number of primary amides is 1. The summed E-state index contributed by atoms with van der Waals surface area (Å²) < 4.78 is 0. The quantitative estimate of drug-likeness (QED) is 0.789. The number of aromatic nitrogens is 1. The lowest BCUT2D eigenvalue weighted by Gasteiger charge is -2.19. The number of amides is 1. The molecule has 0 saturated carbocycles. The minimum atomic E-state index is -1.07. The number of aromatic carboxylic acids is 1. The predicted octanol–water partition coefficient (Wildman–Crippen LogP) is 0.745. The van der Waals surface area contributed by atoms with Crippen LogP contribution >= 0.6 is 11.6 Å². The highest BCUT2D eigenvalue weighted by atomic mass is 35.5. The Labute approximate surface area is 108 Å². The molecule has 1 aliphatic heterocycles. The van der Waals surface area contributed by atoms with Crippen molar-refractivity contribution in [2.24, 2.45) is 11.7 Å². The molecule has 18 heavy (non-hydrogen) atoms. The lowest BCUT2D eigenvalue weighted by atomic mass is 10.1. The molecule has 1 aliphatic rings. The van der Waals surface area contributed by atoms with Gasteiger partial charge >= 0.3 is 5.97 Å². The number of nitrogens with two attached hydrogens (primary N) is 1. The van der Waals surface area contributed by atoms with E-state index in [1.165, 1.54) is 12.1 Å². The van der Waals surface area contributed by atoms with Crippen LogP contribution in [0.3, 0.4) is 0 Å². The predicted molar refractivity (Wildman–Crippen MR) is 65.7 cm³/mol. The van der Waals surface area contributed by atoms with Crippen LogP contribution in [0.25, 0.3) is 0 Å². The minimum Gasteiger partial charge on any atom is -0.478 e.